The zero-order chi connectivity index (χ0) is 27.4. The van der Waals surface area contributed by atoms with Crippen LogP contribution in [0.4, 0.5) is 0 Å². The van der Waals surface area contributed by atoms with Gasteiger partial charge in [-0.05, 0) is 12.3 Å². The molecule has 4 amide bonds. The van der Waals surface area contributed by atoms with Gasteiger partial charge in [-0.2, -0.15) is 0 Å². The van der Waals surface area contributed by atoms with Crippen LogP contribution in [0.5, 0.6) is 0 Å². The smallest absolute Gasteiger partial charge is 0.326 e. The van der Waals surface area contributed by atoms with Crippen LogP contribution < -0.4 is 27.4 Å². The van der Waals surface area contributed by atoms with Crippen LogP contribution in [-0.2, 0) is 35.2 Å². The van der Waals surface area contributed by atoms with E-state index in [0.29, 0.717) is 12.1 Å². The van der Waals surface area contributed by atoms with Gasteiger partial charge in [-0.3, -0.25) is 24.0 Å². The lowest BCUT2D eigenvalue weighted by atomic mass is 9.97. The number of hydrogen-bond acceptors (Lipinski definition) is 8. The molecule has 36 heavy (non-hydrogen) atoms. The fraction of sp³-hybridized carbons (Fsp3) is 0.571. The second-order valence-electron chi connectivity index (χ2n) is 8.32. The molecule has 200 valence electrons. The third kappa shape index (κ3) is 10.1. The molecule has 1 heterocycles. The minimum atomic E-state index is -1.44. The van der Waals surface area contributed by atoms with E-state index in [2.05, 4.69) is 25.9 Å². The number of nitrogens with two attached hydrogens (primary N) is 2. The van der Waals surface area contributed by atoms with Crippen molar-refractivity contribution in [3.8, 4) is 0 Å². The fourth-order valence-corrected chi connectivity index (χ4v) is 3.15. The van der Waals surface area contributed by atoms with Gasteiger partial charge in [-0.15, -0.1) is 0 Å². The van der Waals surface area contributed by atoms with Gasteiger partial charge in [-0.1, -0.05) is 20.3 Å². The monoisotopic (exact) mass is 511 g/mol. The Labute approximate surface area is 206 Å². The van der Waals surface area contributed by atoms with Crippen molar-refractivity contribution in [2.24, 2.45) is 17.4 Å². The fourth-order valence-electron chi connectivity index (χ4n) is 3.15. The average Bonchev–Trinajstić information content (AvgIpc) is 3.31. The second kappa shape index (κ2) is 14.4. The molecule has 10 N–H and O–H groups in total. The van der Waals surface area contributed by atoms with E-state index in [4.69, 9.17) is 16.6 Å². The maximum Gasteiger partial charge on any atom is 0.326 e. The molecule has 1 aromatic heterocycles. The lowest BCUT2D eigenvalue weighted by molar-refractivity contribution is -0.142. The molecule has 0 radical (unpaired) electrons. The Hall–Kier alpha value is -4.01. The van der Waals surface area contributed by atoms with Gasteiger partial charge in [0.1, 0.15) is 18.1 Å². The number of aromatic amines is 1. The molecule has 15 heteroatoms. The Morgan fingerprint density at radius 1 is 1.03 bits per heavy atom. The quantitative estimate of drug-likeness (QED) is 0.117. The van der Waals surface area contributed by atoms with Gasteiger partial charge in [-0.25, -0.2) is 9.78 Å². The molecule has 0 aliphatic carbocycles. The highest BCUT2D eigenvalue weighted by Crippen LogP contribution is 2.10. The number of aromatic nitrogens is 2. The third-order valence-electron chi connectivity index (χ3n) is 5.43. The van der Waals surface area contributed by atoms with Gasteiger partial charge in [0.2, 0.25) is 23.6 Å². The highest BCUT2D eigenvalue weighted by molar-refractivity contribution is 5.95. The normalized spacial score (nSPS) is 15.0. The first kappa shape index (κ1) is 30.0. The Morgan fingerprint density at radius 2 is 1.67 bits per heavy atom. The lowest BCUT2D eigenvalue weighted by Crippen LogP contribution is -2.59. The van der Waals surface area contributed by atoms with Gasteiger partial charge in [0.15, 0.2) is 0 Å². The zero-order valence-corrected chi connectivity index (χ0v) is 20.0. The summed E-state index contributed by atoms with van der Waals surface area (Å²) in [5.41, 5.74) is 11.1. The molecule has 0 saturated carbocycles. The summed E-state index contributed by atoms with van der Waals surface area (Å²) in [6.45, 7) is 3.43. The van der Waals surface area contributed by atoms with Crippen molar-refractivity contribution in [1.82, 2.24) is 25.9 Å². The van der Waals surface area contributed by atoms with E-state index in [1.165, 1.54) is 12.5 Å². The Balaban J connectivity index is 3.09. The molecule has 0 aromatic carbocycles. The largest absolute Gasteiger partial charge is 0.481 e. The Kier molecular flexibility index (Phi) is 12.0. The van der Waals surface area contributed by atoms with Crippen LogP contribution in [0.2, 0.25) is 0 Å². The van der Waals surface area contributed by atoms with Crippen LogP contribution in [0.15, 0.2) is 12.5 Å². The van der Waals surface area contributed by atoms with Crippen LogP contribution in [0.3, 0.4) is 0 Å². The molecule has 0 aliphatic heterocycles. The summed E-state index contributed by atoms with van der Waals surface area (Å²) < 4.78 is 0. The van der Waals surface area contributed by atoms with Gasteiger partial charge >= 0.3 is 11.9 Å². The van der Waals surface area contributed by atoms with Crippen LogP contribution in [0.25, 0.3) is 0 Å². The number of carboxylic acid groups (broad SMARTS) is 2. The number of carboxylic acids is 2. The summed E-state index contributed by atoms with van der Waals surface area (Å²) in [6, 6.07) is -5.29. The number of H-pyrrole nitrogens is 1. The maximum atomic E-state index is 13.1. The van der Waals surface area contributed by atoms with Crippen molar-refractivity contribution >= 4 is 35.6 Å². The van der Waals surface area contributed by atoms with E-state index < -0.39 is 72.1 Å². The first-order valence-electron chi connectivity index (χ1n) is 11.2. The summed E-state index contributed by atoms with van der Waals surface area (Å²) >= 11 is 0. The van der Waals surface area contributed by atoms with Gasteiger partial charge < -0.3 is 42.6 Å². The number of nitrogens with one attached hydrogen (secondary N) is 4. The number of nitrogens with zero attached hydrogens (tertiary/aromatic N) is 1. The summed E-state index contributed by atoms with van der Waals surface area (Å²) in [5.74, 6) is -6.33. The minimum absolute atomic E-state index is 0.0978. The van der Waals surface area contributed by atoms with E-state index in [9.17, 15) is 33.9 Å². The second-order valence-corrected chi connectivity index (χ2v) is 8.32. The number of primary amides is 1. The van der Waals surface area contributed by atoms with Crippen molar-refractivity contribution in [1.29, 1.82) is 0 Å². The number of rotatable bonds is 16. The van der Waals surface area contributed by atoms with Crippen molar-refractivity contribution in [2.45, 2.75) is 70.1 Å². The zero-order valence-electron chi connectivity index (χ0n) is 20.0. The number of hydrogen-bond donors (Lipinski definition) is 8. The molecular weight excluding hydrogens is 478 g/mol. The van der Waals surface area contributed by atoms with E-state index in [-0.39, 0.29) is 19.3 Å². The predicted octanol–water partition coefficient (Wildman–Crippen LogP) is -2.40. The summed E-state index contributed by atoms with van der Waals surface area (Å²) in [4.78, 5) is 78.5. The van der Waals surface area contributed by atoms with Gasteiger partial charge in [0, 0.05) is 24.7 Å². The molecule has 1 aromatic rings. The lowest BCUT2D eigenvalue weighted by Gasteiger charge is -2.27. The first-order valence-corrected chi connectivity index (χ1v) is 11.2. The molecule has 0 fully saturated rings. The van der Waals surface area contributed by atoms with Gasteiger partial charge in [0.05, 0.1) is 18.8 Å². The highest BCUT2D eigenvalue weighted by atomic mass is 16.4. The number of amides is 4. The molecule has 0 saturated heterocycles. The van der Waals surface area contributed by atoms with E-state index >= 15 is 0 Å². The third-order valence-corrected chi connectivity index (χ3v) is 5.43. The predicted molar refractivity (Wildman–Crippen MR) is 124 cm³/mol. The molecule has 0 spiro atoms. The Morgan fingerprint density at radius 3 is 2.17 bits per heavy atom. The number of imidazole rings is 1. The maximum absolute atomic E-state index is 13.1. The molecule has 0 aliphatic rings. The van der Waals surface area contributed by atoms with E-state index in [1.54, 1.807) is 13.8 Å². The van der Waals surface area contributed by atoms with Crippen LogP contribution in [0.1, 0.15) is 45.2 Å². The topological polar surface area (TPSA) is 260 Å². The van der Waals surface area contributed by atoms with Crippen LogP contribution in [-0.4, -0.2) is 79.9 Å². The van der Waals surface area contributed by atoms with Crippen molar-refractivity contribution < 1.29 is 39.0 Å². The minimum Gasteiger partial charge on any atom is -0.481 e. The number of carbonyl (C=O) groups excluding carboxylic acids is 4. The standard InChI is InChI=1S/C21H33N7O8/c1-3-10(2)17(28-18(32)12(22)7-16(30)31)20(34)27-14(6-11-8-24-9-25-11)19(33)26-13(21(35)36)4-5-15(23)29/h8-10,12-14,17H,3-7,22H2,1-2H3,(H2,23,29)(H,24,25)(H,26,33)(H,27,34)(H,28,32)(H,30,31)(H,35,36). The SMILES string of the molecule is CCC(C)C(NC(=O)C(N)CC(=O)O)C(=O)NC(Cc1cnc[nH]1)C(=O)NC(CCC(N)=O)C(=O)O. The summed E-state index contributed by atoms with van der Waals surface area (Å²) in [6.07, 6.45) is 1.92. The van der Waals surface area contributed by atoms with E-state index in [0.717, 1.165) is 0 Å². The Bertz CT molecular complexity index is 937. The average molecular weight is 512 g/mol. The summed E-state index contributed by atoms with van der Waals surface area (Å²) in [5, 5.41) is 25.5. The molecular formula is C21H33N7O8. The van der Waals surface area contributed by atoms with Crippen molar-refractivity contribution in [2.75, 3.05) is 0 Å². The molecule has 1 rings (SSSR count). The van der Waals surface area contributed by atoms with Crippen molar-refractivity contribution in [3.63, 3.8) is 0 Å². The van der Waals surface area contributed by atoms with Crippen molar-refractivity contribution in [3.05, 3.63) is 18.2 Å². The van der Waals surface area contributed by atoms with E-state index in [1.807, 2.05) is 0 Å². The van der Waals surface area contributed by atoms with Gasteiger partial charge in [0.25, 0.3) is 0 Å². The molecule has 5 unspecified atom stereocenters. The first-order chi connectivity index (χ1) is 16.8. The molecule has 5 atom stereocenters. The highest BCUT2D eigenvalue weighted by Gasteiger charge is 2.33. The number of carbonyl (C=O) groups is 6. The molecule has 0 bridgehead atoms. The van der Waals surface area contributed by atoms with Crippen LogP contribution >= 0.6 is 0 Å². The summed E-state index contributed by atoms with van der Waals surface area (Å²) in [7, 11) is 0. The number of aliphatic carboxylic acids is 2. The molecule has 15 nitrogen and oxygen atoms in total. The van der Waals surface area contributed by atoms with Crippen LogP contribution in [0, 0.1) is 5.92 Å².